The van der Waals surface area contributed by atoms with Crippen LogP contribution in [0.25, 0.3) is 0 Å². The summed E-state index contributed by atoms with van der Waals surface area (Å²) in [4.78, 5) is 31.4. The van der Waals surface area contributed by atoms with Gasteiger partial charge in [0.05, 0.1) is 4.90 Å². The summed E-state index contributed by atoms with van der Waals surface area (Å²) in [6.45, 7) is 0.595. The van der Waals surface area contributed by atoms with Gasteiger partial charge in [0, 0.05) is 24.6 Å². The van der Waals surface area contributed by atoms with E-state index in [1.165, 1.54) is 48.3 Å². The van der Waals surface area contributed by atoms with Crippen LogP contribution in [-0.4, -0.2) is 46.3 Å². The van der Waals surface area contributed by atoms with Crippen molar-refractivity contribution in [2.75, 3.05) is 27.2 Å². The van der Waals surface area contributed by atoms with Crippen LogP contribution >= 0.6 is 0 Å². The Hall–Kier alpha value is -4.65. The first-order valence-corrected chi connectivity index (χ1v) is 11.8. The van der Waals surface area contributed by atoms with Crippen molar-refractivity contribution in [2.24, 2.45) is 0 Å². The largest absolute Gasteiger partial charge is 0.368 e. The lowest BCUT2D eigenvalue weighted by Gasteiger charge is -2.15. The lowest BCUT2D eigenvalue weighted by Crippen LogP contribution is -2.31. The van der Waals surface area contributed by atoms with Gasteiger partial charge < -0.3 is 16.4 Å². The lowest BCUT2D eigenvalue weighted by atomic mass is 10.1. The number of amides is 1. The number of nitrogens with one attached hydrogen (secondary N) is 2. The van der Waals surface area contributed by atoms with Crippen molar-refractivity contribution >= 4 is 45.9 Å². The van der Waals surface area contributed by atoms with Crippen LogP contribution in [-0.2, 0) is 21.2 Å². The second kappa shape index (κ2) is 10.5. The van der Waals surface area contributed by atoms with Gasteiger partial charge in [-0.15, -0.1) is 0 Å². The Kier molecular flexibility index (Phi) is 7.07. The standard InChI is InChI=1S/C22H21N9O3S/c23-19-28-20(24-14-11-16-5-2-1-3-6-16)30-21(29-19)27-17-7-9-18(10-8-17)35(33,34)31(15-32)22-25-12-4-13-26-22/h1-10,12-13,15H,11,14H2,(H4,23,24,27,28,29,30). The fraction of sp³-hybridized carbons (Fsp3) is 0.0909. The zero-order valence-corrected chi connectivity index (χ0v) is 19.1. The summed E-state index contributed by atoms with van der Waals surface area (Å²) in [5.74, 6) is 0.258. The molecule has 1 amide bonds. The van der Waals surface area contributed by atoms with Gasteiger partial charge >= 0.3 is 0 Å². The lowest BCUT2D eigenvalue weighted by molar-refractivity contribution is -0.106. The van der Waals surface area contributed by atoms with E-state index in [-0.39, 0.29) is 29.2 Å². The predicted octanol–water partition coefficient (Wildman–Crippen LogP) is 1.99. The molecular formula is C22H21N9O3S. The van der Waals surface area contributed by atoms with Gasteiger partial charge in [0.15, 0.2) is 0 Å². The third-order valence-corrected chi connectivity index (χ3v) is 6.34. The van der Waals surface area contributed by atoms with Gasteiger partial charge in [-0.3, -0.25) is 4.79 Å². The minimum atomic E-state index is -4.20. The number of hydrogen-bond donors (Lipinski definition) is 3. The quantitative estimate of drug-likeness (QED) is 0.277. The fourth-order valence-corrected chi connectivity index (χ4v) is 4.19. The normalized spacial score (nSPS) is 11.0. The molecule has 0 bridgehead atoms. The van der Waals surface area contributed by atoms with Crippen molar-refractivity contribution < 1.29 is 13.2 Å². The van der Waals surface area contributed by atoms with E-state index in [1.807, 2.05) is 30.3 Å². The van der Waals surface area contributed by atoms with E-state index in [4.69, 9.17) is 5.73 Å². The number of anilines is 5. The summed E-state index contributed by atoms with van der Waals surface area (Å²) in [7, 11) is -4.20. The molecule has 0 aliphatic carbocycles. The van der Waals surface area contributed by atoms with Gasteiger partial charge in [0.25, 0.3) is 10.0 Å². The van der Waals surface area contributed by atoms with Crippen LogP contribution in [0, 0.1) is 0 Å². The Balaban J connectivity index is 1.45. The first kappa shape index (κ1) is 23.5. The van der Waals surface area contributed by atoms with Crippen LogP contribution in [0.2, 0.25) is 0 Å². The molecule has 4 rings (SSSR count). The van der Waals surface area contributed by atoms with E-state index in [1.54, 1.807) is 0 Å². The number of rotatable bonds is 10. The highest BCUT2D eigenvalue weighted by molar-refractivity contribution is 7.93. The Morgan fingerprint density at radius 3 is 2.26 bits per heavy atom. The fourth-order valence-electron chi connectivity index (χ4n) is 3.06. The highest BCUT2D eigenvalue weighted by atomic mass is 32.2. The first-order chi connectivity index (χ1) is 17.0. The van der Waals surface area contributed by atoms with E-state index in [9.17, 15) is 13.2 Å². The van der Waals surface area contributed by atoms with Crippen molar-refractivity contribution in [3.8, 4) is 0 Å². The number of aromatic nitrogens is 5. The molecule has 2 heterocycles. The number of nitrogen functional groups attached to an aromatic ring is 1. The van der Waals surface area contributed by atoms with Crippen LogP contribution in [0.1, 0.15) is 5.56 Å². The molecule has 4 N–H and O–H groups in total. The van der Waals surface area contributed by atoms with Crippen molar-refractivity contribution in [3.05, 3.63) is 78.6 Å². The summed E-state index contributed by atoms with van der Waals surface area (Å²) >= 11 is 0. The molecule has 0 saturated heterocycles. The summed E-state index contributed by atoms with van der Waals surface area (Å²) in [5.41, 5.74) is 7.48. The highest BCUT2D eigenvalue weighted by Crippen LogP contribution is 2.22. The van der Waals surface area contributed by atoms with Gasteiger partial charge in [-0.2, -0.15) is 19.3 Å². The maximum atomic E-state index is 12.9. The average Bonchev–Trinajstić information content (AvgIpc) is 2.86. The van der Waals surface area contributed by atoms with Crippen molar-refractivity contribution in [1.82, 2.24) is 24.9 Å². The number of carbonyl (C=O) groups excluding carboxylic acids is 1. The van der Waals surface area contributed by atoms with E-state index in [0.717, 1.165) is 6.42 Å². The minimum absolute atomic E-state index is 0.0217. The van der Waals surface area contributed by atoms with Crippen LogP contribution in [0.5, 0.6) is 0 Å². The Morgan fingerprint density at radius 1 is 0.886 bits per heavy atom. The summed E-state index contributed by atoms with van der Waals surface area (Å²) in [5, 5.41) is 6.07. The Labute approximate surface area is 201 Å². The molecule has 0 unspecified atom stereocenters. The van der Waals surface area contributed by atoms with Crippen LogP contribution in [0.4, 0.5) is 29.5 Å². The average molecular weight is 492 g/mol. The number of benzene rings is 2. The molecule has 2 aromatic heterocycles. The van der Waals surface area contributed by atoms with E-state index < -0.39 is 10.0 Å². The highest BCUT2D eigenvalue weighted by Gasteiger charge is 2.26. The molecule has 0 saturated carbocycles. The van der Waals surface area contributed by atoms with Crippen LogP contribution in [0.15, 0.2) is 78.0 Å². The van der Waals surface area contributed by atoms with E-state index in [0.29, 0.717) is 22.5 Å². The third-order valence-electron chi connectivity index (χ3n) is 4.70. The molecular weight excluding hydrogens is 470 g/mol. The maximum absolute atomic E-state index is 12.9. The zero-order chi connectivity index (χ0) is 24.7. The molecule has 0 atom stereocenters. The zero-order valence-electron chi connectivity index (χ0n) is 18.3. The molecule has 178 valence electrons. The summed E-state index contributed by atoms with van der Waals surface area (Å²) in [6.07, 6.45) is 3.60. The summed E-state index contributed by atoms with van der Waals surface area (Å²) < 4.78 is 26.2. The molecule has 2 aromatic carbocycles. The molecule has 0 radical (unpaired) electrons. The topological polar surface area (TPSA) is 169 Å². The number of carbonyl (C=O) groups is 1. The van der Waals surface area contributed by atoms with Crippen molar-refractivity contribution in [3.63, 3.8) is 0 Å². The van der Waals surface area contributed by atoms with Crippen molar-refractivity contribution in [1.29, 1.82) is 0 Å². The molecule has 0 spiro atoms. The van der Waals surface area contributed by atoms with Gasteiger partial charge in [-0.25, -0.2) is 18.4 Å². The monoisotopic (exact) mass is 491 g/mol. The Bertz CT molecular complexity index is 1390. The minimum Gasteiger partial charge on any atom is -0.368 e. The molecule has 4 aromatic rings. The van der Waals surface area contributed by atoms with Gasteiger partial charge in [0.2, 0.25) is 30.2 Å². The molecule has 12 nitrogen and oxygen atoms in total. The number of hydrogen-bond acceptors (Lipinski definition) is 11. The first-order valence-electron chi connectivity index (χ1n) is 10.4. The maximum Gasteiger partial charge on any atom is 0.273 e. The van der Waals surface area contributed by atoms with E-state index in [2.05, 4.69) is 35.6 Å². The van der Waals surface area contributed by atoms with Crippen molar-refractivity contribution in [2.45, 2.75) is 11.3 Å². The van der Waals surface area contributed by atoms with Gasteiger partial charge in [-0.1, -0.05) is 30.3 Å². The second-order valence-corrected chi connectivity index (χ2v) is 8.92. The molecule has 0 aliphatic rings. The van der Waals surface area contributed by atoms with Gasteiger partial charge in [0.1, 0.15) is 0 Å². The van der Waals surface area contributed by atoms with Crippen LogP contribution in [0.3, 0.4) is 0 Å². The second-order valence-electron chi connectivity index (χ2n) is 7.11. The molecule has 0 aliphatic heterocycles. The smallest absolute Gasteiger partial charge is 0.273 e. The summed E-state index contributed by atoms with van der Waals surface area (Å²) in [6, 6.07) is 17.2. The molecule has 13 heteroatoms. The predicted molar refractivity (Wildman–Crippen MR) is 130 cm³/mol. The third kappa shape index (κ3) is 5.83. The molecule has 0 fully saturated rings. The van der Waals surface area contributed by atoms with Crippen LogP contribution < -0.4 is 20.7 Å². The number of sulfonamides is 1. The Morgan fingerprint density at radius 2 is 1.57 bits per heavy atom. The van der Waals surface area contributed by atoms with Gasteiger partial charge in [-0.05, 0) is 42.3 Å². The number of nitrogens with two attached hydrogens (primary N) is 1. The SMILES string of the molecule is Nc1nc(NCCc2ccccc2)nc(Nc2ccc(S(=O)(=O)N(C=O)c3ncccn3)cc2)n1. The molecule has 35 heavy (non-hydrogen) atoms. The van der Waals surface area contributed by atoms with E-state index >= 15 is 0 Å². The number of nitrogens with zero attached hydrogens (tertiary/aromatic N) is 6.